The topological polar surface area (TPSA) is 126 Å². The molecule has 1 aromatic heterocycles. The van der Waals surface area contributed by atoms with Crippen LogP contribution >= 0.6 is 34.5 Å². The maximum Gasteiger partial charge on any atom is 0.271 e. The molecule has 0 saturated heterocycles. The van der Waals surface area contributed by atoms with E-state index in [1.807, 2.05) is 0 Å². The summed E-state index contributed by atoms with van der Waals surface area (Å²) in [6, 6.07) is 10.8. The summed E-state index contributed by atoms with van der Waals surface area (Å²) in [5, 5.41) is 1.55. The molecule has 3 aromatic rings. The highest BCUT2D eigenvalue weighted by molar-refractivity contribution is 7.94. The van der Waals surface area contributed by atoms with Crippen molar-refractivity contribution in [2.75, 3.05) is 9.44 Å². The average molecular weight is 541 g/mol. The summed E-state index contributed by atoms with van der Waals surface area (Å²) < 4.78 is 78.0. The molecule has 14 heteroatoms. The lowest BCUT2D eigenvalue weighted by Gasteiger charge is -2.16. The second-order valence-corrected chi connectivity index (χ2v) is 12.4. The first-order valence-corrected chi connectivity index (χ1v) is 14.2. The summed E-state index contributed by atoms with van der Waals surface area (Å²) in [5.41, 5.74) is -0.276. The molecule has 31 heavy (non-hydrogen) atoms. The van der Waals surface area contributed by atoms with Gasteiger partial charge in [0.15, 0.2) is 0 Å². The first-order valence-electron chi connectivity index (χ1n) is 8.27. The molecule has 0 bridgehead atoms. The third-order valence-electron chi connectivity index (χ3n) is 3.87. The van der Waals surface area contributed by atoms with Crippen LogP contribution in [0.15, 0.2) is 63.0 Å². The van der Waals surface area contributed by atoms with Crippen LogP contribution in [0.2, 0.25) is 10.0 Å². The summed E-state index contributed by atoms with van der Waals surface area (Å²) in [6.07, 6.45) is 0. The summed E-state index contributed by atoms with van der Waals surface area (Å²) in [4.78, 5) is -0.271. The van der Waals surface area contributed by atoms with E-state index in [0.29, 0.717) is 0 Å². The smallest absolute Gasteiger partial charge is 0.271 e. The van der Waals surface area contributed by atoms with Gasteiger partial charge in [-0.05, 0) is 35.2 Å². The molecule has 0 aliphatic heterocycles. The van der Waals surface area contributed by atoms with Crippen molar-refractivity contribution in [3.8, 4) is 0 Å². The molecule has 0 amide bonds. The van der Waals surface area contributed by atoms with Gasteiger partial charge in [-0.15, -0.1) is 11.3 Å². The maximum absolute atomic E-state index is 13.0. The van der Waals surface area contributed by atoms with Crippen molar-refractivity contribution in [3.05, 3.63) is 69.5 Å². The molecule has 166 valence electrons. The number of benzene rings is 2. The number of hydrogen-bond donors (Lipinski definition) is 3. The molecule has 0 fully saturated rings. The van der Waals surface area contributed by atoms with E-state index in [9.17, 15) is 25.3 Å². The Morgan fingerprint density at radius 3 is 1.97 bits per heavy atom. The normalized spacial score (nSPS) is 12.1. The Kier molecular flexibility index (Phi) is 7.18. The lowest BCUT2D eigenvalue weighted by Crippen LogP contribution is -2.18. The predicted octanol–water partition coefficient (Wildman–Crippen LogP) is 3.77. The number of anilines is 2. The summed E-state index contributed by atoms with van der Waals surface area (Å²) in [7, 11) is -11.2. The van der Waals surface area contributed by atoms with Crippen LogP contribution in [0.5, 0.6) is 0 Å². The highest BCUT2D eigenvalue weighted by Gasteiger charge is 2.23. The van der Waals surface area contributed by atoms with E-state index in [4.69, 9.17) is 23.2 Å². The second-order valence-electron chi connectivity index (χ2n) is 6.05. The number of hydrogen-bond acceptors (Lipinski definition) is 7. The van der Waals surface area contributed by atoms with Crippen LogP contribution in [0.4, 0.5) is 11.4 Å². The first-order chi connectivity index (χ1) is 14.5. The van der Waals surface area contributed by atoms with Crippen molar-refractivity contribution in [3.63, 3.8) is 0 Å². The zero-order chi connectivity index (χ0) is 22.8. The lowest BCUT2D eigenvalue weighted by molar-refractivity contribution is 0.598. The zero-order valence-corrected chi connectivity index (χ0v) is 20.1. The van der Waals surface area contributed by atoms with Gasteiger partial charge in [-0.2, -0.15) is 0 Å². The molecule has 8 nitrogen and oxygen atoms in total. The molecular formula is C17H14Cl2N2O6S4. The number of halogens is 2. The Balaban J connectivity index is 2.05. The monoisotopic (exact) mass is 540 g/mol. The molecule has 1 heterocycles. The standard InChI is InChI=1S/C17H14Cl2N2O6S4/c18-12-8-14(15(9-13(12)19)21-31(26,27)17-6-3-7-28-17)20-30(24,25)16-5-2-1-4-11(16)10-29(22)23/h1-9,20-21,29H,10H2. The third-order valence-corrected chi connectivity index (χ3v) is 9.42. The molecule has 0 spiro atoms. The SMILES string of the molecule is O=[SH](=O)Cc1ccccc1S(=O)(=O)Nc1cc(Cl)c(Cl)cc1NS(=O)(=O)c1cccs1. The van der Waals surface area contributed by atoms with Crippen molar-refractivity contribution >= 4 is 76.7 Å². The molecule has 0 atom stereocenters. The fourth-order valence-electron chi connectivity index (χ4n) is 2.56. The largest absolute Gasteiger partial charge is 0.277 e. The van der Waals surface area contributed by atoms with Gasteiger partial charge in [0.05, 0.1) is 32.1 Å². The predicted molar refractivity (Wildman–Crippen MR) is 123 cm³/mol. The fraction of sp³-hybridized carbons (Fsp3) is 0.0588. The second kappa shape index (κ2) is 9.35. The minimum atomic E-state index is -4.30. The van der Waals surface area contributed by atoms with Crippen molar-refractivity contribution in [1.29, 1.82) is 0 Å². The number of rotatable bonds is 8. The minimum Gasteiger partial charge on any atom is -0.277 e. The van der Waals surface area contributed by atoms with Crippen molar-refractivity contribution in [2.24, 2.45) is 0 Å². The number of nitrogens with one attached hydrogen (secondary N) is 2. The van der Waals surface area contributed by atoms with E-state index >= 15 is 0 Å². The van der Waals surface area contributed by atoms with E-state index in [2.05, 4.69) is 9.44 Å². The first kappa shape index (κ1) is 23.8. The van der Waals surface area contributed by atoms with Gasteiger partial charge in [-0.1, -0.05) is 47.5 Å². The van der Waals surface area contributed by atoms with Crippen LogP contribution in [0, 0.1) is 0 Å². The maximum atomic E-state index is 13.0. The quantitative estimate of drug-likeness (QED) is 0.373. The Bertz CT molecular complexity index is 1390. The lowest BCUT2D eigenvalue weighted by atomic mass is 10.2. The Hall–Kier alpha value is -1.83. The number of thiophene rings is 1. The van der Waals surface area contributed by atoms with Gasteiger partial charge < -0.3 is 0 Å². The Morgan fingerprint density at radius 1 is 0.839 bits per heavy atom. The van der Waals surface area contributed by atoms with Crippen LogP contribution < -0.4 is 9.44 Å². The van der Waals surface area contributed by atoms with E-state index in [1.165, 1.54) is 36.4 Å². The van der Waals surface area contributed by atoms with E-state index < -0.39 is 36.5 Å². The van der Waals surface area contributed by atoms with E-state index in [0.717, 1.165) is 17.4 Å². The molecule has 0 saturated carbocycles. The van der Waals surface area contributed by atoms with E-state index in [-0.39, 0.29) is 36.1 Å². The summed E-state index contributed by atoms with van der Waals surface area (Å²) in [5.74, 6) is -0.481. The van der Waals surface area contributed by atoms with Gasteiger partial charge in [0.2, 0.25) is 0 Å². The molecular weight excluding hydrogens is 527 g/mol. The average Bonchev–Trinajstić information content (AvgIpc) is 3.21. The van der Waals surface area contributed by atoms with Gasteiger partial charge >= 0.3 is 0 Å². The van der Waals surface area contributed by atoms with Gasteiger partial charge in [-0.3, -0.25) is 9.44 Å². The summed E-state index contributed by atoms with van der Waals surface area (Å²) in [6.45, 7) is 0. The van der Waals surface area contributed by atoms with Crippen molar-refractivity contribution in [2.45, 2.75) is 14.9 Å². The molecule has 0 radical (unpaired) electrons. The van der Waals surface area contributed by atoms with E-state index in [1.54, 1.807) is 11.4 Å². The van der Waals surface area contributed by atoms with Gasteiger partial charge in [0, 0.05) is 0 Å². The van der Waals surface area contributed by atoms with Gasteiger partial charge in [-0.25, -0.2) is 25.3 Å². The fourth-order valence-corrected chi connectivity index (χ4v) is 6.93. The Labute approximate surface area is 194 Å². The summed E-state index contributed by atoms with van der Waals surface area (Å²) >= 11 is 13.0. The molecule has 2 aromatic carbocycles. The molecule has 3 rings (SSSR count). The van der Waals surface area contributed by atoms with Crippen molar-refractivity contribution in [1.82, 2.24) is 0 Å². The number of sulfonamides is 2. The van der Waals surface area contributed by atoms with Gasteiger partial charge in [0.25, 0.3) is 20.0 Å². The highest BCUT2D eigenvalue weighted by atomic mass is 35.5. The van der Waals surface area contributed by atoms with Crippen LogP contribution in [0.25, 0.3) is 0 Å². The molecule has 0 aliphatic rings. The number of thiol groups is 1. The highest BCUT2D eigenvalue weighted by Crippen LogP contribution is 2.36. The minimum absolute atomic E-state index is 0.00255. The third kappa shape index (κ3) is 5.70. The Morgan fingerprint density at radius 2 is 1.42 bits per heavy atom. The molecule has 0 aliphatic carbocycles. The zero-order valence-electron chi connectivity index (χ0n) is 15.3. The van der Waals surface area contributed by atoms with Crippen molar-refractivity contribution < 1.29 is 25.3 Å². The van der Waals surface area contributed by atoms with Crippen LogP contribution in [0.3, 0.4) is 0 Å². The molecule has 2 N–H and O–H groups in total. The molecule has 0 unspecified atom stereocenters. The van der Waals surface area contributed by atoms with Gasteiger partial charge in [0.1, 0.15) is 14.9 Å². The van der Waals surface area contributed by atoms with Crippen LogP contribution in [-0.4, -0.2) is 25.3 Å². The van der Waals surface area contributed by atoms with Crippen LogP contribution in [-0.2, 0) is 36.5 Å². The van der Waals surface area contributed by atoms with Crippen LogP contribution in [0.1, 0.15) is 5.56 Å².